The van der Waals surface area contributed by atoms with Crippen molar-refractivity contribution in [2.24, 2.45) is 26.7 Å². The van der Waals surface area contributed by atoms with Crippen LogP contribution in [0.5, 0.6) is 0 Å². The van der Waals surface area contributed by atoms with E-state index in [1.54, 1.807) is 12.4 Å². The molecule has 348 valence electrons. The Morgan fingerprint density at radius 3 is 1.47 bits per heavy atom. The van der Waals surface area contributed by atoms with Gasteiger partial charge in [-0.25, -0.2) is 24.5 Å². The lowest BCUT2D eigenvalue weighted by Gasteiger charge is -2.42. The molecule has 0 radical (unpaired) electrons. The van der Waals surface area contributed by atoms with E-state index in [0.29, 0.717) is 28.7 Å². The van der Waals surface area contributed by atoms with Gasteiger partial charge in [-0.1, -0.05) is 118 Å². The zero-order valence-electron chi connectivity index (χ0n) is 40.2. The highest BCUT2D eigenvalue weighted by atomic mass is 19.1. The monoisotopic (exact) mass is 889 g/mol. The van der Waals surface area contributed by atoms with Crippen molar-refractivity contribution in [3.05, 3.63) is 72.6 Å². The Hall–Kier alpha value is -5.93. The second kappa shape index (κ2) is 18.7. The lowest BCUT2D eigenvalue weighted by atomic mass is 9.75. The van der Waals surface area contributed by atoms with Crippen molar-refractivity contribution in [1.82, 2.24) is 35.1 Å². The molecule has 0 spiro atoms. The Labute approximate surface area is 376 Å². The number of hydrogen-bond donors (Lipinski definition) is 3. The third kappa shape index (κ3) is 10.7. The van der Waals surface area contributed by atoms with Crippen LogP contribution >= 0.6 is 0 Å². The SMILES string of the molecule is CN(C)C(=O)OC(C)(C(=O)/N=C(\c1ncc(-c2ccc(-c3ccc(-c4cnc(C(NC(=O)C(C)(OC(=O)N(C)C)C(C)(C)CF)C(C)(C)C)[nH]4)cc3)cc2)[nH]1)C(C)(C)C)C(C)(C)CF. The minimum Gasteiger partial charge on any atom is -0.432 e. The highest BCUT2D eigenvalue weighted by Crippen LogP contribution is 2.40. The number of H-pyrrole nitrogens is 2. The van der Waals surface area contributed by atoms with Crippen molar-refractivity contribution in [3.63, 3.8) is 0 Å². The number of carbonyl (C=O) groups is 4. The molecule has 16 heteroatoms. The zero-order chi connectivity index (χ0) is 48.4. The zero-order valence-corrected chi connectivity index (χ0v) is 40.2. The summed E-state index contributed by atoms with van der Waals surface area (Å²) in [6.07, 6.45) is 1.78. The number of imidazole rings is 2. The molecule has 0 aliphatic heterocycles. The van der Waals surface area contributed by atoms with Gasteiger partial charge in [-0.05, 0) is 41.5 Å². The fourth-order valence-electron chi connectivity index (χ4n) is 6.40. The van der Waals surface area contributed by atoms with Gasteiger partial charge in [0.15, 0.2) is 17.0 Å². The van der Waals surface area contributed by atoms with Crippen LogP contribution in [0, 0.1) is 21.7 Å². The Kier molecular flexibility index (Phi) is 14.8. The van der Waals surface area contributed by atoms with Gasteiger partial charge in [-0.15, -0.1) is 0 Å². The van der Waals surface area contributed by atoms with E-state index in [1.807, 2.05) is 90.1 Å². The number of nitrogens with one attached hydrogen (secondary N) is 3. The molecular weight excluding hydrogens is 823 g/mol. The molecule has 3 atom stereocenters. The number of aromatic nitrogens is 4. The van der Waals surface area contributed by atoms with E-state index in [0.717, 1.165) is 22.3 Å². The Morgan fingerprint density at radius 2 is 1.05 bits per heavy atom. The van der Waals surface area contributed by atoms with E-state index in [4.69, 9.17) is 9.47 Å². The molecule has 2 aromatic carbocycles. The fourth-order valence-corrected chi connectivity index (χ4v) is 6.40. The number of amides is 4. The lowest BCUT2D eigenvalue weighted by Crippen LogP contribution is -2.60. The number of aromatic amines is 2. The van der Waals surface area contributed by atoms with Crippen LogP contribution in [0.2, 0.25) is 0 Å². The molecule has 0 saturated heterocycles. The number of halogens is 2. The third-order valence-corrected chi connectivity index (χ3v) is 11.9. The molecule has 3 unspecified atom stereocenters. The van der Waals surface area contributed by atoms with Gasteiger partial charge in [0.05, 0.1) is 48.9 Å². The molecule has 3 N–H and O–H groups in total. The predicted molar refractivity (Wildman–Crippen MR) is 245 cm³/mol. The molecular formula is C48H66F2N8O6. The molecule has 4 amide bonds. The normalized spacial score (nSPS) is 15.1. The topological polar surface area (TPSA) is 175 Å². The molecule has 2 aromatic heterocycles. The maximum absolute atomic E-state index is 14.3. The van der Waals surface area contributed by atoms with Gasteiger partial charge in [-0.3, -0.25) is 18.4 Å². The number of carbonyl (C=O) groups excluding carboxylic acids is 4. The van der Waals surface area contributed by atoms with Crippen molar-refractivity contribution in [3.8, 4) is 33.6 Å². The summed E-state index contributed by atoms with van der Waals surface area (Å²) in [5.41, 5.74) is -2.41. The van der Waals surface area contributed by atoms with Gasteiger partial charge in [0.1, 0.15) is 5.82 Å². The van der Waals surface area contributed by atoms with Gasteiger partial charge >= 0.3 is 12.2 Å². The van der Waals surface area contributed by atoms with Crippen LogP contribution in [-0.4, -0.2) is 112 Å². The van der Waals surface area contributed by atoms with E-state index in [-0.39, 0.29) is 0 Å². The maximum Gasteiger partial charge on any atom is 0.410 e. The van der Waals surface area contributed by atoms with Crippen LogP contribution < -0.4 is 5.32 Å². The van der Waals surface area contributed by atoms with Crippen molar-refractivity contribution < 1.29 is 37.4 Å². The summed E-state index contributed by atoms with van der Waals surface area (Å²) in [5, 5.41) is 3.00. The molecule has 14 nitrogen and oxygen atoms in total. The largest absolute Gasteiger partial charge is 0.432 e. The molecule has 0 aliphatic carbocycles. The lowest BCUT2D eigenvalue weighted by molar-refractivity contribution is -0.155. The van der Waals surface area contributed by atoms with Crippen LogP contribution in [0.3, 0.4) is 0 Å². The van der Waals surface area contributed by atoms with Crippen LogP contribution in [0.25, 0.3) is 33.6 Å². The number of rotatable bonds is 14. The number of aliphatic imine (C=N–C) groups is 1. The smallest absolute Gasteiger partial charge is 0.410 e. The minimum absolute atomic E-state index is 0.314. The molecule has 0 saturated carbocycles. The van der Waals surface area contributed by atoms with Gasteiger partial charge < -0.3 is 34.6 Å². The number of ether oxygens (including phenoxy) is 2. The summed E-state index contributed by atoms with van der Waals surface area (Å²) >= 11 is 0. The first-order chi connectivity index (χ1) is 29.4. The van der Waals surface area contributed by atoms with E-state index in [2.05, 4.69) is 30.2 Å². The summed E-state index contributed by atoms with van der Waals surface area (Å²) in [6.45, 7) is 18.5. The molecule has 2 heterocycles. The Morgan fingerprint density at radius 1 is 0.641 bits per heavy atom. The summed E-state index contributed by atoms with van der Waals surface area (Å²) in [4.78, 5) is 75.8. The fraction of sp³-hybridized carbons (Fsp3) is 0.521. The third-order valence-electron chi connectivity index (χ3n) is 11.9. The molecule has 0 aliphatic rings. The van der Waals surface area contributed by atoms with E-state index >= 15 is 0 Å². The molecule has 4 rings (SSSR count). The highest BCUT2D eigenvalue weighted by Gasteiger charge is 2.53. The van der Waals surface area contributed by atoms with Gasteiger partial charge in [0.25, 0.3) is 11.8 Å². The first-order valence-corrected chi connectivity index (χ1v) is 21.1. The number of hydrogen-bond acceptors (Lipinski definition) is 8. The second-order valence-corrected chi connectivity index (χ2v) is 20.4. The highest BCUT2D eigenvalue weighted by molar-refractivity contribution is 6.09. The molecule has 4 aromatic rings. The van der Waals surface area contributed by atoms with E-state index in [1.165, 1.54) is 79.5 Å². The van der Waals surface area contributed by atoms with Crippen LogP contribution in [0.15, 0.2) is 65.9 Å². The number of alkyl halides is 2. The summed E-state index contributed by atoms with van der Waals surface area (Å²) in [7, 11) is 5.94. The van der Waals surface area contributed by atoms with E-state index < -0.39 is 76.3 Å². The molecule has 0 fully saturated rings. The van der Waals surface area contributed by atoms with Gasteiger partial charge in [0.2, 0.25) is 0 Å². The Bertz CT molecular complexity index is 2340. The van der Waals surface area contributed by atoms with Crippen LogP contribution in [0.1, 0.15) is 101 Å². The first kappa shape index (κ1) is 50.7. The first-order valence-electron chi connectivity index (χ1n) is 21.1. The second-order valence-electron chi connectivity index (χ2n) is 20.4. The van der Waals surface area contributed by atoms with Crippen molar-refractivity contribution in [1.29, 1.82) is 0 Å². The minimum atomic E-state index is -1.91. The number of benzene rings is 2. The predicted octanol–water partition coefficient (Wildman–Crippen LogP) is 9.60. The van der Waals surface area contributed by atoms with Crippen LogP contribution in [0.4, 0.5) is 18.4 Å². The average molecular weight is 889 g/mol. The maximum atomic E-state index is 14.3. The summed E-state index contributed by atoms with van der Waals surface area (Å²) < 4.78 is 39.9. The summed E-state index contributed by atoms with van der Waals surface area (Å²) in [6, 6.07) is 15.1. The van der Waals surface area contributed by atoms with Crippen LogP contribution in [-0.2, 0) is 19.1 Å². The molecule has 0 bridgehead atoms. The summed E-state index contributed by atoms with van der Waals surface area (Å²) in [5.74, 6) is -0.628. The van der Waals surface area contributed by atoms with Gasteiger partial charge in [0, 0.05) is 44.4 Å². The number of nitrogens with zero attached hydrogens (tertiary/aromatic N) is 5. The quantitative estimate of drug-likeness (QED) is 0.105. The van der Waals surface area contributed by atoms with Crippen molar-refractivity contribution in [2.45, 2.75) is 100 Å². The van der Waals surface area contributed by atoms with E-state index in [9.17, 15) is 28.0 Å². The van der Waals surface area contributed by atoms with Crippen molar-refractivity contribution >= 4 is 29.7 Å². The average Bonchev–Trinajstić information content (AvgIpc) is 3.91. The molecule has 64 heavy (non-hydrogen) atoms. The standard InChI is InChI=1S/C48H66F2N8O6/c1-43(2,3)35(55-39(59)47(11,45(7,8)27-49)63-41(61)57(13)14)37-51-25-33(53-37)31-21-17-29(18-22-31)30-19-23-32(24-20-30)34-26-52-38(54-34)36(44(4,5)6)56-40(60)48(12,46(9,10)28-50)64-42(62)58(15)16/h17-26,35H,27-28H2,1-16H3,(H,51,53)(H,52,54)(H,55,59)/b56-36+. The van der Waals surface area contributed by atoms with Crippen molar-refractivity contribution in [2.75, 3.05) is 41.5 Å². The van der Waals surface area contributed by atoms with Gasteiger partial charge in [-0.2, -0.15) is 0 Å². The Balaban J connectivity index is 1.57.